The van der Waals surface area contributed by atoms with Gasteiger partial charge >= 0.3 is 0 Å². The Morgan fingerprint density at radius 3 is 2.70 bits per heavy atom. The van der Waals surface area contributed by atoms with Crippen LogP contribution in [0.25, 0.3) is 0 Å². The summed E-state index contributed by atoms with van der Waals surface area (Å²) in [5.41, 5.74) is 0. The van der Waals surface area contributed by atoms with E-state index in [0.717, 1.165) is 17.8 Å². The first kappa shape index (κ1) is 7.80. The lowest BCUT2D eigenvalue weighted by molar-refractivity contribution is 0.342. The largest absolute Gasteiger partial charge is 0.392 e. The Hall–Kier alpha value is -0.300. The molecule has 1 fully saturated rings. The topological polar surface area (TPSA) is 20.2 Å². The van der Waals surface area contributed by atoms with Crippen molar-refractivity contribution >= 4 is 0 Å². The Morgan fingerprint density at radius 2 is 2.30 bits per heavy atom. The van der Waals surface area contributed by atoms with Crippen LogP contribution in [0.1, 0.15) is 20.3 Å². The third-order valence-corrected chi connectivity index (χ3v) is 2.24. The summed E-state index contributed by atoms with van der Waals surface area (Å²) in [5, 5.41) is 8.48. The highest BCUT2D eigenvalue weighted by Gasteiger charge is 2.36. The van der Waals surface area contributed by atoms with Gasteiger partial charge in [0.15, 0.2) is 0 Å². The molecule has 1 aliphatic carbocycles. The van der Waals surface area contributed by atoms with Crippen molar-refractivity contribution in [3.05, 3.63) is 12.2 Å². The van der Waals surface area contributed by atoms with Gasteiger partial charge in [-0.1, -0.05) is 26.0 Å². The van der Waals surface area contributed by atoms with E-state index in [0.29, 0.717) is 0 Å². The second-order valence-corrected chi connectivity index (χ2v) is 3.42. The number of rotatable bonds is 3. The van der Waals surface area contributed by atoms with E-state index in [2.05, 4.69) is 19.9 Å². The molecule has 0 amide bonds. The second kappa shape index (κ2) is 3.20. The van der Waals surface area contributed by atoms with E-state index in [1.807, 2.05) is 6.08 Å². The monoisotopic (exact) mass is 140 g/mol. The van der Waals surface area contributed by atoms with Crippen LogP contribution in [-0.4, -0.2) is 11.7 Å². The molecular formula is C9H16O. The molecule has 1 rings (SSSR count). The molecule has 0 bridgehead atoms. The maximum Gasteiger partial charge on any atom is 0.0612 e. The predicted molar refractivity (Wildman–Crippen MR) is 42.7 cm³/mol. The molecule has 58 valence electrons. The zero-order chi connectivity index (χ0) is 7.56. The lowest BCUT2D eigenvalue weighted by Gasteiger charge is -1.98. The highest BCUT2D eigenvalue weighted by molar-refractivity contribution is 5.02. The first-order valence-corrected chi connectivity index (χ1v) is 4.03. The molecule has 2 unspecified atom stereocenters. The normalized spacial score (nSPS) is 32.0. The Balaban J connectivity index is 2.19. The van der Waals surface area contributed by atoms with Crippen molar-refractivity contribution in [1.29, 1.82) is 0 Å². The average Bonchev–Trinajstić information content (AvgIpc) is 2.62. The Morgan fingerprint density at radius 1 is 1.60 bits per heavy atom. The fourth-order valence-corrected chi connectivity index (χ4v) is 1.46. The lowest BCUT2D eigenvalue weighted by Crippen LogP contribution is -1.90. The van der Waals surface area contributed by atoms with Crippen LogP contribution in [0, 0.1) is 17.8 Å². The molecule has 0 aromatic rings. The van der Waals surface area contributed by atoms with Gasteiger partial charge < -0.3 is 5.11 Å². The van der Waals surface area contributed by atoms with E-state index in [1.54, 1.807) is 0 Å². The van der Waals surface area contributed by atoms with E-state index in [9.17, 15) is 0 Å². The first-order valence-electron chi connectivity index (χ1n) is 4.03. The number of allylic oxidation sites excluding steroid dienone is 1. The molecule has 1 nitrogen and oxygen atoms in total. The first-order chi connectivity index (χ1) is 4.75. The smallest absolute Gasteiger partial charge is 0.0612 e. The van der Waals surface area contributed by atoms with Crippen LogP contribution in [0.15, 0.2) is 12.2 Å². The molecule has 0 aromatic heterocycles. The molecule has 0 radical (unpaired) electrons. The molecule has 0 saturated heterocycles. The number of hydrogen-bond acceptors (Lipinski definition) is 1. The molecular weight excluding hydrogens is 124 g/mol. The van der Waals surface area contributed by atoms with Crippen molar-refractivity contribution in [3.8, 4) is 0 Å². The number of aliphatic hydroxyl groups excluding tert-OH is 1. The van der Waals surface area contributed by atoms with E-state index in [-0.39, 0.29) is 6.61 Å². The summed E-state index contributed by atoms with van der Waals surface area (Å²) in [6.07, 6.45) is 5.33. The molecule has 1 saturated carbocycles. The Kier molecular flexibility index (Phi) is 2.50. The zero-order valence-electron chi connectivity index (χ0n) is 6.75. The minimum absolute atomic E-state index is 0.196. The summed E-state index contributed by atoms with van der Waals surface area (Å²) in [6, 6.07) is 0. The molecule has 1 N–H and O–H groups in total. The minimum Gasteiger partial charge on any atom is -0.392 e. The summed E-state index contributed by atoms with van der Waals surface area (Å²) >= 11 is 0. The highest BCUT2D eigenvalue weighted by Crippen LogP contribution is 2.44. The van der Waals surface area contributed by atoms with Crippen molar-refractivity contribution in [3.63, 3.8) is 0 Å². The van der Waals surface area contributed by atoms with Gasteiger partial charge in [-0.05, 0) is 24.2 Å². The molecule has 0 spiro atoms. The van der Waals surface area contributed by atoms with Crippen LogP contribution in [-0.2, 0) is 0 Å². The van der Waals surface area contributed by atoms with Crippen molar-refractivity contribution in [2.45, 2.75) is 20.3 Å². The summed E-state index contributed by atoms with van der Waals surface area (Å²) in [4.78, 5) is 0. The fraction of sp³-hybridized carbons (Fsp3) is 0.778. The third-order valence-electron chi connectivity index (χ3n) is 2.24. The Labute approximate surface area is 62.8 Å². The van der Waals surface area contributed by atoms with Crippen molar-refractivity contribution in [1.82, 2.24) is 0 Å². The van der Waals surface area contributed by atoms with Crippen LogP contribution in [0.3, 0.4) is 0 Å². The van der Waals surface area contributed by atoms with Crippen molar-refractivity contribution in [2.75, 3.05) is 6.61 Å². The molecule has 0 aliphatic heterocycles. The van der Waals surface area contributed by atoms with Crippen LogP contribution in [0.5, 0.6) is 0 Å². The summed E-state index contributed by atoms with van der Waals surface area (Å²) in [6.45, 7) is 4.72. The number of hydrogen-bond donors (Lipinski definition) is 1. The molecule has 2 atom stereocenters. The molecule has 0 aromatic carbocycles. The van der Waals surface area contributed by atoms with Crippen LogP contribution < -0.4 is 0 Å². The standard InChI is InChI=1S/C9H16O/c1-7(2)9-6-8(9)4-3-5-10/h3-4,7-10H,5-6H2,1-2H3/b4-3+. The van der Waals surface area contributed by atoms with Gasteiger partial charge in [-0.15, -0.1) is 0 Å². The maximum atomic E-state index is 8.48. The van der Waals surface area contributed by atoms with E-state index in [4.69, 9.17) is 5.11 Å². The van der Waals surface area contributed by atoms with Crippen LogP contribution in [0.4, 0.5) is 0 Å². The summed E-state index contributed by atoms with van der Waals surface area (Å²) in [5.74, 6) is 2.48. The average molecular weight is 140 g/mol. The molecule has 0 heterocycles. The molecule has 10 heavy (non-hydrogen) atoms. The third kappa shape index (κ3) is 1.84. The van der Waals surface area contributed by atoms with Gasteiger partial charge in [0.2, 0.25) is 0 Å². The van der Waals surface area contributed by atoms with E-state index < -0.39 is 0 Å². The Bertz CT molecular complexity index is 127. The minimum atomic E-state index is 0.196. The van der Waals surface area contributed by atoms with Gasteiger partial charge in [0, 0.05) is 0 Å². The highest BCUT2D eigenvalue weighted by atomic mass is 16.2. The SMILES string of the molecule is CC(C)C1CC1/C=C/CO. The molecule has 1 aliphatic rings. The van der Waals surface area contributed by atoms with Crippen LogP contribution >= 0.6 is 0 Å². The maximum absolute atomic E-state index is 8.48. The predicted octanol–water partition coefficient (Wildman–Crippen LogP) is 1.83. The summed E-state index contributed by atoms with van der Waals surface area (Å²) in [7, 11) is 0. The molecule has 1 heteroatoms. The zero-order valence-corrected chi connectivity index (χ0v) is 6.75. The van der Waals surface area contributed by atoms with E-state index >= 15 is 0 Å². The van der Waals surface area contributed by atoms with Gasteiger partial charge in [-0.25, -0.2) is 0 Å². The van der Waals surface area contributed by atoms with Gasteiger partial charge in [-0.3, -0.25) is 0 Å². The van der Waals surface area contributed by atoms with Gasteiger partial charge in [0.1, 0.15) is 0 Å². The van der Waals surface area contributed by atoms with E-state index in [1.165, 1.54) is 6.42 Å². The van der Waals surface area contributed by atoms with Gasteiger partial charge in [0.05, 0.1) is 6.61 Å². The van der Waals surface area contributed by atoms with Crippen molar-refractivity contribution in [2.24, 2.45) is 17.8 Å². The van der Waals surface area contributed by atoms with Gasteiger partial charge in [0.25, 0.3) is 0 Å². The second-order valence-electron chi connectivity index (χ2n) is 3.42. The van der Waals surface area contributed by atoms with Gasteiger partial charge in [-0.2, -0.15) is 0 Å². The number of aliphatic hydroxyl groups is 1. The van der Waals surface area contributed by atoms with Crippen LogP contribution in [0.2, 0.25) is 0 Å². The summed E-state index contributed by atoms with van der Waals surface area (Å²) < 4.78 is 0. The fourth-order valence-electron chi connectivity index (χ4n) is 1.46. The quantitative estimate of drug-likeness (QED) is 0.593. The van der Waals surface area contributed by atoms with Crippen molar-refractivity contribution < 1.29 is 5.11 Å². The lowest BCUT2D eigenvalue weighted by atomic mass is 10.1.